The van der Waals surface area contributed by atoms with Gasteiger partial charge in [-0.25, -0.2) is 0 Å². The van der Waals surface area contributed by atoms with Crippen molar-refractivity contribution in [3.8, 4) is 0 Å². The van der Waals surface area contributed by atoms with Gasteiger partial charge < -0.3 is 17.9 Å². The maximum absolute atomic E-state index is 8.00. The Labute approximate surface area is 135 Å². The van der Waals surface area contributed by atoms with Gasteiger partial charge in [-0.1, -0.05) is 44.6 Å². The van der Waals surface area contributed by atoms with E-state index in [1.165, 1.54) is 0 Å². The second kappa shape index (κ2) is 658. The minimum absolute atomic E-state index is 0. The Morgan fingerprint density at radius 1 is 0.571 bits per heavy atom. The van der Waals surface area contributed by atoms with Crippen LogP contribution in [-0.2, 0) is 0 Å². The number of halogens is 5. The van der Waals surface area contributed by atoms with Crippen molar-refractivity contribution in [3.63, 3.8) is 0 Å². The molecule has 0 rings (SSSR count). The minimum Gasteiger partial charge on any atom is -0.533 e. The molecular formula is C6H28F5KP2. The third kappa shape index (κ3) is 531. The predicted molar refractivity (Wildman–Crippen MR) is 65.3 cm³/mol. The zero-order chi connectivity index (χ0) is 6.00. The van der Waals surface area contributed by atoms with Crippen LogP contribution in [0.15, 0.2) is 0 Å². The summed E-state index contributed by atoms with van der Waals surface area (Å²) >= 11 is 0. The van der Waals surface area contributed by atoms with Gasteiger partial charge in [0.05, 0.1) is 0 Å². The van der Waals surface area contributed by atoms with Crippen LogP contribution in [0.3, 0.4) is 0 Å². The zero-order valence-electron chi connectivity index (χ0n) is 4.00. The van der Waals surface area contributed by atoms with Gasteiger partial charge in [-0.3, -0.25) is 4.70 Å². The zero-order valence-corrected chi connectivity index (χ0v) is 9.28. The maximum Gasteiger partial charge on any atom is 1.00 e. The average Bonchev–Trinajstić information content (AvgIpc) is 1.81. The molecule has 0 radical (unpaired) electrons. The molecule has 0 amide bonds. The standard InChI is InChI=1S/6CH4.2F2.FH.K.H3P2/c;;;;;;2*1-2;;;1-2/h6*1H4;;;1H;;1H,2H2/q;;;;;;;;;+1;-1. The summed E-state index contributed by atoms with van der Waals surface area (Å²) in [6, 6.07) is 0. The molecule has 0 saturated heterocycles. The normalized spacial score (nSPS) is 1.29. The molecule has 0 aromatic carbocycles. The minimum atomic E-state index is 0. The van der Waals surface area contributed by atoms with E-state index < -0.39 is 0 Å². The summed E-state index contributed by atoms with van der Waals surface area (Å²) in [7, 11) is 5.11. The Morgan fingerprint density at radius 3 is 0.571 bits per heavy atom. The van der Waals surface area contributed by atoms with Crippen LogP contribution in [0.2, 0.25) is 0 Å². The second-order valence-corrected chi connectivity index (χ2v) is 0. The average molecular weight is 296 g/mol. The van der Waals surface area contributed by atoms with Crippen LogP contribution in [0, 0.1) is 0 Å². The molecule has 0 N–H and O–H groups in total. The fourth-order valence-corrected chi connectivity index (χ4v) is 0. The van der Waals surface area contributed by atoms with Crippen molar-refractivity contribution in [3.05, 3.63) is 0 Å². The van der Waals surface area contributed by atoms with Crippen molar-refractivity contribution >= 4 is 17.9 Å². The van der Waals surface area contributed by atoms with E-state index in [0.717, 1.165) is 0 Å². The molecular weight excluding hydrogens is 268 g/mol. The van der Waals surface area contributed by atoms with Gasteiger partial charge in [0.15, 0.2) is 0 Å². The van der Waals surface area contributed by atoms with Crippen LogP contribution in [0.1, 0.15) is 44.6 Å². The van der Waals surface area contributed by atoms with E-state index >= 15 is 0 Å². The smallest absolute Gasteiger partial charge is 0.533 e. The van der Waals surface area contributed by atoms with Crippen molar-refractivity contribution in [2.75, 3.05) is 0 Å². The van der Waals surface area contributed by atoms with Gasteiger partial charge in [0, 0.05) is 18.3 Å². The quantitative estimate of drug-likeness (QED) is 0.364. The molecule has 0 saturated carbocycles. The van der Waals surface area contributed by atoms with E-state index in [1.54, 1.807) is 0 Å². The van der Waals surface area contributed by atoms with Crippen LogP contribution in [-0.4, -0.2) is 0 Å². The van der Waals surface area contributed by atoms with Crippen molar-refractivity contribution in [2.45, 2.75) is 44.6 Å². The van der Waals surface area contributed by atoms with Crippen LogP contribution in [0.4, 0.5) is 23.0 Å². The molecule has 0 aromatic heterocycles. The molecule has 8 heteroatoms. The third-order valence-electron chi connectivity index (χ3n) is 0. The molecule has 0 aromatic rings. The fourth-order valence-electron chi connectivity index (χ4n) is 0. The SMILES string of the molecule is C.C.C.C.C.C.F.FF.FF.[K+].[PH-]P. The molecule has 0 bridgehead atoms. The summed E-state index contributed by atoms with van der Waals surface area (Å²) in [6.45, 7) is 0. The molecule has 0 nitrogen and oxygen atoms in total. The van der Waals surface area contributed by atoms with Gasteiger partial charge in [0.25, 0.3) is 0 Å². The van der Waals surface area contributed by atoms with Crippen LogP contribution >= 0.6 is 17.9 Å². The second-order valence-electron chi connectivity index (χ2n) is 0. The molecule has 1 atom stereocenters. The van der Waals surface area contributed by atoms with E-state index in [-0.39, 0.29) is 101 Å². The van der Waals surface area contributed by atoms with Crippen LogP contribution < -0.4 is 51.4 Å². The van der Waals surface area contributed by atoms with E-state index in [4.69, 9.17) is 18.3 Å². The molecule has 1 unspecified atom stereocenters. The molecule has 0 heterocycles. The predicted octanol–water partition coefficient (Wildman–Crippen LogP) is 3.57. The van der Waals surface area contributed by atoms with Crippen molar-refractivity contribution in [1.29, 1.82) is 0 Å². The Balaban J connectivity index is -0.000000000833. The first-order valence-corrected chi connectivity index (χ1v) is 2.88. The third-order valence-corrected chi connectivity index (χ3v) is 0. The Morgan fingerprint density at radius 2 is 0.571 bits per heavy atom. The van der Waals surface area contributed by atoms with Gasteiger partial charge >= 0.3 is 51.4 Å². The van der Waals surface area contributed by atoms with E-state index in [1.807, 2.05) is 0 Å². The van der Waals surface area contributed by atoms with Crippen molar-refractivity contribution in [1.82, 2.24) is 0 Å². The summed E-state index contributed by atoms with van der Waals surface area (Å²) in [5, 5.41) is 0. The molecule has 0 aliphatic rings. The number of hydrogen-bond acceptors (Lipinski definition) is 0. The fraction of sp³-hybridized carbons (Fsp3) is 1.00. The van der Waals surface area contributed by atoms with E-state index in [9.17, 15) is 0 Å². The van der Waals surface area contributed by atoms with Crippen molar-refractivity contribution in [2.24, 2.45) is 0 Å². The molecule has 14 heavy (non-hydrogen) atoms. The number of rotatable bonds is 0. The van der Waals surface area contributed by atoms with Gasteiger partial charge in [-0.2, -0.15) is 0 Å². The molecule has 0 aliphatic carbocycles. The molecule has 0 spiro atoms. The van der Waals surface area contributed by atoms with Crippen molar-refractivity contribution < 1.29 is 74.4 Å². The first-order valence-electron chi connectivity index (χ1n) is 0.574. The Kier molecular flexibility index (Phi) is 6570. The van der Waals surface area contributed by atoms with Gasteiger partial charge in [-0.05, 0) is 0 Å². The Hall–Kier alpha value is 2.15. The monoisotopic (exact) mass is 296 g/mol. The van der Waals surface area contributed by atoms with E-state index in [0.29, 0.717) is 0 Å². The summed E-state index contributed by atoms with van der Waals surface area (Å²) < 4.78 is 32.0. The summed E-state index contributed by atoms with van der Waals surface area (Å²) in [6.07, 6.45) is 0. The first kappa shape index (κ1) is 140. The van der Waals surface area contributed by atoms with Crippen LogP contribution in [0.5, 0.6) is 0 Å². The van der Waals surface area contributed by atoms with Gasteiger partial charge in [-0.15, -0.1) is 0 Å². The maximum atomic E-state index is 8.00. The van der Waals surface area contributed by atoms with Gasteiger partial charge in [0.1, 0.15) is 0 Å². The Bertz CT molecular complexity index is 24.2. The molecule has 98 valence electrons. The van der Waals surface area contributed by atoms with Gasteiger partial charge in [0.2, 0.25) is 0 Å². The number of hydrogen-bond donors (Lipinski definition) is 0. The van der Waals surface area contributed by atoms with Crippen LogP contribution in [0.25, 0.3) is 0 Å². The summed E-state index contributed by atoms with van der Waals surface area (Å²) in [5.41, 5.74) is 0. The first-order chi connectivity index (χ1) is 3.00. The topological polar surface area (TPSA) is 0 Å². The molecule has 0 fully saturated rings. The van der Waals surface area contributed by atoms with E-state index in [2.05, 4.69) is 17.9 Å². The molecule has 0 aliphatic heterocycles. The summed E-state index contributed by atoms with van der Waals surface area (Å²) in [5.74, 6) is 0. The largest absolute Gasteiger partial charge is 1.00 e. The summed E-state index contributed by atoms with van der Waals surface area (Å²) in [4.78, 5) is 0.